The number of fused-ring (bicyclic) bond motifs is 3. The number of aryl methyl sites for hydroxylation is 1. The van der Waals surface area contributed by atoms with Gasteiger partial charge in [0.2, 0.25) is 0 Å². The number of carbonyl (C=O) groups excluding carboxylic acids is 1. The summed E-state index contributed by atoms with van der Waals surface area (Å²) in [6, 6.07) is 5.56. The second-order valence-corrected chi connectivity index (χ2v) is 9.73. The zero-order chi connectivity index (χ0) is 23.2. The van der Waals surface area contributed by atoms with E-state index < -0.39 is 5.60 Å². The average Bonchev–Trinajstić information content (AvgIpc) is 3.18. The number of rotatable bonds is 2. The van der Waals surface area contributed by atoms with E-state index in [1.54, 1.807) is 23.4 Å². The van der Waals surface area contributed by atoms with Gasteiger partial charge in [0.05, 0.1) is 17.6 Å². The SMILES string of the molecule is CC(C)(C)OC(=O)N1CCC(c2nn3c(c2-c2ccncc2)CCc2cc(F)cnc2-3)CC1. The minimum Gasteiger partial charge on any atom is -0.444 e. The molecule has 3 aromatic rings. The van der Waals surface area contributed by atoms with Crippen molar-refractivity contribution in [1.82, 2.24) is 24.6 Å². The van der Waals surface area contributed by atoms with E-state index in [2.05, 4.69) is 9.97 Å². The minimum absolute atomic E-state index is 0.203. The summed E-state index contributed by atoms with van der Waals surface area (Å²) in [5.74, 6) is 0.577. The van der Waals surface area contributed by atoms with Gasteiger partial charge in [-0.1, -0.05) is 0 Å². The van der Waals surface area contributed by atoms with Gasteiger partial charge in [-0.25, -0.2) is 18.9 Å². The molecule has 5 rings (SSSR count). The maximum Gasteiger partial charge on any atom is 0.410 e. The van der Waals surface area contributed by atoms with Crippen molar-refractivity contribution in [2.24, 2.45) is 0 Å². The minimum atomic E-state index is -0.509. The molecule has 0 radical (unpaired) electrons. The van der Waals surface area contributed by atoms with Crippen LogP contribution in [0.5, 0.6) is 0 Å². The molecule has 0 aliphatic carbocycles. The fourth-order valence-corrected chi connectivity index (χ4v) is 4.76. The van der Waals surface area contributed by atoms with E-state index in [1.807, 2.05) is 37.6 Å². The Morgan fingerprint density at radius 1 is 1.15 bits per heavy atom. The summed E-state index contributed by atoms with van der Waals surface area (Å²) in [7, 11) is 0. The van der Waals surface area contributed by atoms with Crippen molar-refractivity contribution in [3.8, 4) is 16.9 Å². The molecule has 0 unspecified atom stereocenters. The van der Waals surface area contributed by atoms with Crippen molar-refractivity contribution in [3.63, 3.8) is 0 Å². The zero-order valence-corrected chi connectivity index (χ0v) is 19.2. The summed E-state index contributed by atoms with van der Waals surface area (Å²) in [6.07, 6.45) is 7.66. The molecule has 0 N–H and O–H groups in total. The number of hydrogen-bond acceptors (Lipinski definition) is 5. The maximum absolute atomic E-state index is 13.8. The van der Waals surface area contributed by atoms with Gasteiger partial charge in [-0.05, 0) is 70.2 Å². The predicted octanol–water partition coefficient (Wildman–Crippen LogP) is 4.68. The molecule has 1 fully saturated rings. The molecule has 0 spiro atoms. The molecular formula is C25H28FN5O2. The van der Waals surface area contributed by atoms with Crippen LogP contribution in [0.1, 0.15) is 56.5 Å². The first-order valence-electron chi connectivity index (χ1n) is 11.4. The van der Waals surface area contributed by atoms with Crippen molar-refractivity contribution in [3.05, 3.63) is 59.6 Å². The van der Waals surface area contributed by atoms with Crippen LogP contribution in [0.3, 0.4) is 0 Å². The van der Waals surface area contributed by atoms with Gasteiger partial charge in [-0.2, -0.15) is 5.10 Å². The Labute approximate surface area is 192 Å². The normalized spacial score (nSPS) is 16.3. The first-order valence-corrected chi connectivity index (χ1v) is 11.4. The molecule has 3 aromatic heterocycles. The van der Waals surface area contributed by atoms with Crippen LogP contribution in [-0.4, -0.2) is 49.4 Å². The summed E-state index contributed by atoms with van der Waals surface area (Å²) < 4.78 is 21.2. The lowest BCUT2D eigenvalue weighted by Crippen LogP contribution is -2.41. The number of aromatic nitrogens is 4. The molecule has 7 nitrogen and oxygen atoms in total. The molecule has 1 amide bonds. The predicted molar refractivity (Wildman–Crippen MR) is 122 cm³/mol. The average molecular weight is 450 g/mol. The molecule has 8 heteroatoms. The highest BCUT2D eigenvalue weighted by atomic mass is 19.1. The van der Waals surface area contributed by atoms with Gasteiger partial charge in [-0.3, -0.25) is 4.98 Å². The highest BCUT2D eigenvalue weighted by Crippen LogP contribution is 2.40. The summed E-state index contributed by atoms with van der Waals surface area (Å²) >= 11 is 0. The molecule has 33 heavy (non-hydrogen) atoms. The number of amides is 1. The number of hydrogen-bond donors (Lipinski definition) is 0. The third kappa shape index (κ3) is 4.21. The number of likely N-dealkylation sites (tertiary alicyclic amines) is 1. The molecule has 0 saturated carbocycles. The zero-order valence-electron chi connectivity index (χ0n) is 19.2. The Morgan fingerprint density at radius 2 is 1.88 bits per heavy atom. The first kappa shape index (κ1) is 21.6. The largest absolute Gasteiger partial charge is 0.444 e. The molecule has 0 bridgehead atoms. The molecule has 2 aliphatic rings. The second-order valence-electron chi connectivity index (χ2n) is 9.73. The van der Waals surface area contributed by atoms with E-state index >= 15 is 0 Å². The summed E-state index contributed by atoms with van der Waals surface area (Å²) in [4.78, 5) is 22.8. The van der Waals surface area contributed by atoms with Crippen LogP contribution in [-0.2, 0) is 17.6 Å². The smallest absolute Gasteiger partial charge is 0.410 e. The number of piperidine rings is 1. The highest BCUT2D eigenvalue weighted by Gasteiger charge is 2.33. The maximum atomic E-state index is 13.8. The van der Waals surface area contributed by atoms with Crippen LogP contribution in [0.4, 0.5) is 9.18 Å². The van der Waals surface area contributed by atoms with Crippen molar-refractivity contribution in [2.75, 3.05) is 13.1 Å². The molecular weight excluding hydrogens is 421 g/mol. The van der Waals surface area contributed by atoms with E-state index in [1.165, 1.54) is 6.20 Å². The van der Waals surface area contributed by atoms with E-state index in [9.17, 15) is 9.18 Å². The molecule has 0 atom stereocenters. The fourth-order valence-electron chi connectivity index (χ4n) is 4.76. The van der Waals surface area contributed by atoms with E-state index in [0.717, 1.165) is 53.8 Å². The van der Waals surface area contributed by atoms with Crippen LogP contribution in [0.15, 0.2) is 36.8 Å². The lowest BCUT2D eigenvalue weighted by molar-refractivity contribution is 0.0204. The Morgan fingerprint density at radius 3 is 2.58 bits per heavy atom. The molecule has 2 aliphatic heterocycles. The Hall–Kier alpha value is -3.29. The summed E-state index contributed by atoms with van der Waals surface area (Å²) in [6.45, 7) is 6.89. The van der Waals surface area contributed by atoms with Crippen LogP contribution in [0.25, 0.3) is 16.9 Å². The van der Waals surface area contributed by atoms with Gasteiger partial charge in [-0.15, -0.1) is 0 Å². The van der Waals surface area contributed by atoms with E-state index in [-0.39, 0.29) is 17.8 Å². The Bertz CT molecular complexity index is 1180. The molecule has 1 saturated heterocycles. The molecule has 172 valence electrons. The standard InChI is InChI=1S/C25H28FN5O2/c1-25(2,3)33-24(32)30-12-8-17(9-13-30)22-21(16-6-10-27-11-7-16)20-5-4-18-14-19(26)15-28-23(18)31(20)29-22/h6-7,10-11,14-15,17H,4-5,8-9,12-13H2,1-3H3. The van der Waals surface area contributed by atoms with Crippen LogP contribution in [0, 0.1) is 5.82 Å². The molecule has 0 aromatic carbocycles. The highest BCUT2D eigenvalue weighted by molar-refractivity contribution is 5.71. The van der Waals surface area contributed by atoms with Crippen molar-refractivity contribution < 1.29 is 13.9 Å². The van der Waals surface area contributed by atoms with E-state index in [0.29, 0.717) is 18.9 Å². The van der Waals surface area contributed by atoms with Gasteiger partial charge in [0.25, 0.3) is 0 Å². The summed E-state index contributed by atoms with van der Waals surface area (Å²) in [5, 5.41) is 5.03. The van der Waals surface area contributed by atoms with Crippen molar-refractivity contribution >= 4 is 6.09 Å². The van der Waals surface area contributed by atoms with Gasteiger partial charge in [0.15, 0.2) is 5.82 Å². The van der Waals surface area contributed by atoms with Gasteiger partial charge >= 0.3 is 6.09 Å². The third-order valence-corrected chi connectivity index (χ3v) is 6.25. The van der Waals surface area contributed by atoms with Crippen molar-refractivity contribution in [1.29, 1.82) is 0 Å². The lowest BCUT2D eigenvalue weighted by Gasteiger charge is -2.33. The lowest BCUT2D eigenvalue weighted by atomic mass is 9.87. The number of nitrogens with zero attached hydrogens (tertiary/aromatic N) is 5. The Kier molecular flexibility index (Phi) is 5.38. The number of pyridine rings is 2. The topological polar surface area (TPSA) is 73.1 Å². The number of ether oxygens (including phenoxy) is 1. The van der Waals surface area contributed by atoms with E-state index in [4.69, 9.17) is 9.84 Å². The summed E-state index contributed by atoms with van der Waals surface area (Å²) in [5.41, 5.74) is 4.66. The van der Waals surface area contributed by atoms with Gasteiger partial charge < -0.3 is 9.64 Å². The van der Waals surface area contributed by atoms with Gasteiger partial charge in [0.1, 0.15) is 11.4 Å². The Balaban J connectivity index is 1.49. The molecule has 5 heterocycles. The van der Waals surface area contributed by atoms with Gasteiger partial charge in [0, 0.05) is 42.5 Å². The van der Waals surface area contributed by atoms with Crippen LogP contribution < -0.4 is 0 Å². The second kappa shape index (κ2) is 8.24. The monoisotopic (exact) mass is 449 g/mol. The first-order chi connectivity index (χ1) is 15.8. The number of carbonyl (C=O) groups is 1. The van der Waals surface area contributed by atoms with Crippen molar-refractivity contribution in [2.45, 2.75) is 58.0 Å². The quantitative estimate of drug-likeness (QED) is 0.568. The van der Waals surface area contributed by atoms with Crippen LogP contribution in [0.2, 0.25) is 0 Å². The number of halogens is 1. The fraction of sp³-hybridized carbons (Fsp3) is 0.440. The van der Waals surface area contributed by atoms with Crippen LogP contribution >= 0.6 is 0 Å². The third-order valence-electron chi connectivity index (χ3n) is 6.25.